The summed E-state index contributed by atoms with van der Waals surface area (Å²) in [6.07, 6.45) is 2.30. The Morgan fingerprint density at radius 3 is 2.19 bits per heavy atom. The number of hydrogen-bond acceptors (Lipinski definition) is 4. The van der Waals surface area contributed by atoms with Crippen molar-refractivity contribution in [1.82, 2.24) is 0 Å². The molecule has 1 rings (SSSR count). The Morgan fingerprint density at radius 1 is 1.19 bits per heavy atom. The summed E-state index contributed by atoms with van der Waals surface area (Å²) in [4.78, 5) is 31.8. The van der Waals surface area contributed by atoms with E-state index in [0.29, 0.717) is 5.56 Å². The van der Waals surface area contributed by atoms with E-state index in [-0.39, 0.29) is 17.3 Å². The SMILES string of the molecule is CC(=O)/C=C/C(=O)c1ccc([N+](=O)[O-])cc1. The highest BCUT2D eigenvalue weighted by Crippen LogP contribution is 2.12. The van der Waals surface area contributed by atoms with Crippen LogP contribution in [0.15, 0.2) is 36.4 Å². The van der Waals surface area contributed by atoms with Crippen molar-refractivity contribution in [2.45, 2.75) is 6.92 Å². The van der Waals surface area contributed by atoms with Crippen LogP contribution in [-0.2, 0) is 4.79 Å². The minimum Gasteiger partial charge on any atom is -0.295 e. The van der Waals surface area contributed by atoms with Crippen molar-refractivity contribution in [3.8, 4) is 0 Å². The first kappa shape index (κ1) is 11.8. The van der Waals surface area contributed by atoms with Crippen molar-refractivity contribution in [2.75, 3.05) is 0 Å². The van der Waals surface area contributed by atoms with Gasteiger partial charge in [-0.1, -0.05) is 0 Å². The van der Waals surface area contributed by atoms with Gasteiger partial charge < -0.3 is 0 Å². The Kier molecular flexibility index (Phi) is 3.66. The van der Waals surface area contributed by atoms with Crippen molar-refractivity contribution in [3.05, 3.63) is 52.1 Å². The third-order valence-corrected chi connectivity index (χ3v) is 1.83. The van der Waals surface area contributed by atoms with Gasteiger partial charge in [0.15, 0.2) is 11.6 Å². The lowest BCUT2D eigenvalue weighted by atomic mass is 10.1. The number of allylic oxidation sites excluding steroid dienone is 2. The van der Waals surface area contributed by atoms with Crippen molar-refractivity contribution >= 4 is 17.3 Å². The molecule has 82 valence electrons. The van der Waals surface area contributed by atoms with Gasteiger partial charge >= 0.3 is 0 Å². The van der Waals surface area contributed by atoms with Gasteiger partial charge in [-0.15, -0.1) is 0 Å². The molecule has 0 bridgehead atoms. The second-order valence-electron chi connectivity index (χ2n) is 3.11. The number of benzene rings is 1. The first-order valence-corrected chi connectivity index (χ1v) is 4.48. The second kappa shape index (κ2) is 4.97. The maximum absolute atomic E-state index is 11.4. The second-order valence-corrected chi connectivity index (χ2v) is 3.11. The first-order chi connectivity index (χ1) is 7.50. The van der Waals surface area contributed by atoms with E-state index in [0.717, 1.165) is 12.2 Å². The van der Waals surface area contributed by atoms with Crippen molar-refractivity contribution < 1.29 is 14.5 Å². The monoisotopic (exact) mass is 219 g/mol. The number of hydrogen-bond donors (Lipinski definition) is 0. The number of nitro groups is 1. The minimum atomic E-state index is -0.542. The number of ketones is 2. The zero-order chi connectivity index (χ0) is 12.1. The third kappa shape index (κ3) is 3.13. The predicted octanol–water partition coefficient (Wildman–Crippen LogP) is 1.92. The molecule has 0 aliphatic heterocycles. The molecule has 0 N–H and O–H groups in total. The smallest absolute Gasteiger partial charge is 0.269 e. The summed E-state index contributed by atoms with van der Waals surface area (Å²) >= 11 is 0. The van der Waals surface area contributed by atoms with E-state index in [2.05, 4.69) is 0 Å². The molecule has 5 heteroatoms. The van der Waals surface area contributed by atoms with Gasteiger partial charge in [-0.2, -0.15) is 0 Å². The summed E-state index contributed by atoms with van der Waals surface area (Å²) < 4.78 is 0. The van der Waals surface area contributed by atoms with Crippen LogP contribution in [0.5, 0.6) is 0 Å². The minimum absolute atomic E-state index is 0.0768. The molecule has 0 aliphatic carbocycles. The number of carbonyl (C=O) groups excluding carboxylic acids is 2. The molecule has 0 saturated carbocycles. The fraction of sp³-hybridized carbons (Fsp3) is 0.0909. The quantitative estimate of drug-likeness (QED) is 0.335. The molecule has 0 heterocycles. The molecule has 0 aromatic heterocycles. The average Bonchev–Trinajstić information content (AvgIpc) is 2.26. The van der Waals surface area contributed by atoms with Gasteiger partial charge in [0.25, 0.3) is 5.69 Å². The van der Waals surface area contributed by atoms with Crippen LogP contribution in [0.25, 0.3) is 0 Å². The molecule has 0 saturated heterocycles. The number of nitrogens with zero attached hydrogens (tertiary/aromatic N) is 1. The topological polar surface area (TPSA) is 77.3 Å². The van der Waals surface area contributed by atoms with Crippen molar-refractivity contribution in [3.63, 3.8) is 0 Å². The highest BCUT2D eigenvalue weighted by Gasteiger charge is 2.07. The number of rotatable bonds is 4. The summed E-state index contributed by atoms with van der Waals surface area (Å²) in [5.74, 6) is -0.583. The van der Waals surface area contributed by atoms with E-state index >= 15 is 0 Å². The zero-order valence-electron chi connectivity index (χ0n) is 8.54. The van der Waals surface area contributed by atoms with Crippen molar-refractivity contribution in [1.29, 1.82) is 0 Å². The predicted molar refractivity (Wildman–Crippen MR) is 57.2 cm³/mol. The molecule has 1 aromatic carbocycles. The van der Waals surface area contributed by atoms with Crippen LogP contribution in [0.4, 0.5) is 5.69 Å². The Hall–Kier alpha value is -2.30. The maximum atomic E-state index is 11.4. The van der Waals surface area contributed by atoms with E-state index < -0.39 is 4.92 Å². The largest absolute Gasteiger partial charge is 0.295 e. The fourth-order valence-corrected chi connectivity index (χ4v) is 1.04. The van der Waals surface area contributed by atoms with Crippen LogP contribution < -0.4 is 0 Å². The van der Waals surface area contributed by atoms with E-state index in [1.165, 1.54) is 31.2 Å². The Labute approximate surface area is 91.5 Å². The van der Waals surface area contributed by atoms with Crippen LogP contribution in [0.2, 0.25) is 0 Å². The van der Waals surface area contributed by atoms with Crippen LogP contribution in [-0.4, -0.2) is 16.5 Å². The van der Waals surface area contributed by atoms with E-state index in [9.17, 15) is 19.7 Å². The molecule has 0 aliphatic rings. The fourth-order valence-electron chi connectivity index (χ4n) is 1.04. The molecule has 0 atom stereocenters. The van der Waals surface area contributed by atoms with Gasteiger partial charge in [0.2, 0.25) is 0 Å². The van der Waals surface area contributed by atoms with Crippen LogP contribution in [0, 0.1) is 10.1 Å². The molecule has 0 amide bonds. The number of nitro benzene ring substituents is 1. The first-order valence-electron chi connectivity index (χ1n) is 4.48. The summed E-state index contributed by atoms with van der Waals surface area (Å²) in [5.41, 5.74) is 0.232. The molecule has 0 fully saturated rings. The molecule has 0 spiro atoms. The van der Waals surface area contributed by atoms with Crippen LogP contribution >= 0.6 is 0 Å². The van der Waals surface area contributed by atoms with E-state index in [1.54, 1.807) is 0 Å². The number of carbonyl (C=O) groups is 2. The third-order valence-electron chi connectivity index (χ3n) is 1.83. The van der Waals surface area contributed by atoms with Gasteiger partial charge in [-0.3, -0.25) is 19.7 Å². The standard InChI is InChI=1S/C11H9NO4/c1-8(13)2-7-11(14)9-3-5-10(6-4-9)12(15)16/h2-7H,1H3/b7-2+. The zero-order valence-corrected chi connectivity index (χ0v) is 8.54. The van der Waals surface area contributed by atoms with Crippen molar-refractivity contribution in [2.24, 2.45) is 0 Å². The Balaban J connectivity index is 2.86. The lowest BCUT2D eigenvalue weighted by molar-refractivity contribution is -0.384. The van der Waals surface area contributed by atoms with Crippen LogP contribution in [0.3, 0.4) is 0 Å². The van der Waals surface area contributed by atoms with E-state index in [4.69, 9.17) is 0 Å². The van der Waals surface area contributed by atoms with E-state index in [1.807, 2.05) is 0 Å². The molecular weight excluding hydrogens is 210 g/mol. The van der Waals surface area contributed by atoms with Gasteiger partial charge in [-0.05, 0) is 31.2 Å². The average molecular weight is 219 g/mol. The van der Waals surface area contributed by atoms with Gasteiger partial charge in [0.05, 0.1) is 4.92 Å². The maximum Gasteiger partial charge on any atom is 0.269 e. The van der Waals surface area contributed by atoms with Gasteiger partial charge in [0.1, 0.15) is 0 Å². The molecule has 5 nitrogen and oxygen atoms in total. The molecular formula is C11H9NO4. The summed E-state index contributed by atoms with van der Waals surface area (Å²) in [5, 5.41) is 10.4. The molecule has 16 heavy (non-hydrogen) atoms. The summed E-state index contributed by atoms with van der Waals surface area (Å²) in [6.45, 7) is 1.33. The van der Waals surface area contributed by atoms with Crippen LogP contribution in [0.1, 0.15) is 17.3 Å². The molecule has 1 aromatic rings. The lowest BCUT2D eigenvalue weighted by Crippen LogP contribution is -1.96. The summed E-state index contributed by atoms with van der Waals surface area (Å²) in [6, 6.07) is 5.19. The summed E-state index contributed by atoms with van der Waals surface area (Å²) in [7, 11) is 0. The Bertz CT molecular complexity index is 459. The lowest BCUT2D eigenvalue weighted by Gasteiger charge is -1.94. The van der Waals surface area contributed by atoms with Gasteiger partial charge in [-0.25, -0.2) is 0 Å². The number of non-ortho nitro benzene ring substituents is 1. The highest BCUT2D eigenvalue weighted by molar-refractivity contribution is 6.07. The van der Waals surface area contributed by atoms with Gasteiger partial charge in [0, 0.05) is 17.7 Å². The molecule has 0 unspecified atom stereocenters. The Morgan fingerprint density at radius 2 is 1.75 bits per heavy atom. The normalized spacial score (nSPS) is 10.3. The molecule has 0 radical (unpaired) electrons. The highest BCUT2D eigenvalue weighted by atomic mass is 16.6.